The van der Waals surface area contributed by atoms with Crippen molar-refractivity contribution in [3.05, 3.63) is 94.5 Å². The van der Waals surface area contributed by atoms with E-state index in [0.717, 1.165) is 11.1 Å². The molecular weight excluding hydrogens is 539 g/mol. The van der Waals surface area contributed by atoms with Crippen LogP contribution in [0.5, 0.6) is 11.5 Å². The fourth-order valence-corrected chi connectivity index (χ4v) is 3.78. The highest BCUT2D eigenvalue weighted by Gasteiger charge is 2.31. The number of rotatable bonds is 13. The molecule has 7 nitrogen and oxygen atoms in total. The lowest BCUT2D eigenvalue weighted by atomic mass is 10.1. The van der Waals surface area contributed by atoms with Gasteiger partial charge in [0.1, 0.15) is 11.5 Å². The van der Waals surface area contributed by atoms with Crippen molar-refractivity contribution in [3.8, 4) is 11.5 Å². The molecular formula is C28H27ClF3NO6. The van der Waals surface area contributed by atoms with E-state index in [-0.39, 0.29) is 44.4 Å². The van der Waals surface area contributed by atoms with Crippen molar-refractivity contribution in [3.63, 3.8) is 0 Å². The number of carbonyl (C=O) groups is 2. The van der Waals surface area contributed by atoms with Crippen LogP contribution in [-0.4, -0.2) is 47.6 Å². The Morgan fingerprint density at radius 3 is 1.90 bits per heavy atom. The van der Waals surface area contributed by atoms with Gasteiger partial charge in [0.05, 0.1) is 0 Å². The van der Waals surface area contributed by atoms with E-state index in [2.05, 4.69) is 4.74 Å². The second-order valence-electron chi connectivity index (χ2n) is 8.49. The number of hydrogen-bond donors (Lipinski definition) is 1. The van der Waals surface area contributed by atoms with Crippen LogP contribution >= 0.6 is 11.6 Å². The molecule has 3 rings (SSSR count). The third kappa shape index (κ3) is 10.1. The van der Waals surface area contributed by atoms with Crippen molar-refractivity contribution in [2.45, 2.75) is 38.9 Å². The van der Waals surface area contributed by atoms with Crippen molar-refractivity contribution in [1.82, 2.24) is 4.90 Å². The van der Waals surface area contributed by atoms with Gasteiger partial charge in [0.25, 0.3) is 5.91 Å². The summed E-state index contributed by atoms with van der Waals surface area (Å²) < 4.78 is 52.2. The Hall–Kier alpha value is -3.76. The molecule has 0 aliphatic carbocycles. The molecule has 0 aromatic heterocycles. The molecule has 0 radical (unpaired) electrons. The third-order valence-electron chi connectivity index (χ3n) is 5.52. The highest BCUT2D eigenvalue weighted by molar-refractivity contribution is 6.30. The average molecular weight is 566 g/mol. The number of amides is 1. The summed E-state index contributed by atoms with van der Waals surface area (Å²) in [6, 6.07) is 18.9. The van der Waals surface area contributed by atoms with Crippen LogP contribution in [0.1, 0.15) is 23.6 Å². The minimum Gasteiger partial charge on any atom is -0.484 e. The van der Waals surface area contributed by atoms with Crippen LogP contribution in [0.2, 0.25) is 5.02 Å². The lowest BCUT2D eigenvalue weighted by Crippen LogP contribution is -2.34. The van der Waals surface area contributed by atoms with Gasteiger partial charge in [-0.15, -0.1) is 13.2 Å². The summed E-state index contributed by atoms with van der Waals surface area (Å²) in [4.78, 5) is 25.9. The summed E-state index contributed by atoms with van der Waals surface area (Å²) in [5.74, 6) is -1.35. The molecule has 0 saturated heterocycles. The first-order valence-corrected chi connectivity index (χ1v) is 12.3. The largest absolute Gasteiger partial charge is 0.573 e. The molecule has 3 aromatic rings. The van der Waals surface area contributed by atoms with Gasteiger partial charge in [-0.1, -0.05) is 48.0 Å². The van der Waals surface area contributed by atoms with Crippen LogP contribution in [-0.2, 0) is 33.8 Å². The predicted octanol–water partition coefficient (Wildman–Crippen LogP) is 5.88. The van der Waals surface area contributed by atoms with Crippen molar-refractivity contribution in [2.75, 3.05) is 13.2 Å². The second-order valence-corrected chi connectivity index (χ2v) is 8.92. The molecule has 1 amide bonds. The molecule has 0 bridgehead atoms. The average Bonchev–Trinajstić information content (AvgIpc) is 2.89. The molecule has 0 unspecified atom stereocenters. The van der Waals surface area contributed by atoms with E-state index in [0.29, 0.717) is 16.3 Å². The number of carbonyl (C=O) groups excluding carboxylic acids is 1. The number of halogens is 4. The van der Waals surface area contributed by atoms with E-state index in [4.69, 9.17) is 21.1 Å². The summed E-state index contributed by atoms with van der Waals surface area (Å²) in [7, 11) is 0. The number of alkyl halides is 3. The van der Waals surface area contributed by atoms with E-state index < -0.39 is 18.4 Å². The van der Waals surface area contributed by atoms with Gasteiger partial charge in [0.2, 0.25) is 0 Å². The van der Waals surface area contributed by atoms with Gasteiger partial charge in [0, 0.05) is 31.1 Å². The molecule has 0 spiro atoms. The van der Waals surface area contributed by atoms with Crippen molar-refractivity contribution in [1.29, 1.82) is 0 Å². The SMILES string of the molecule is CCO[C@@H](Cc1ccc(OCC(=O)N(Cc2ccc(Cl)cc2)Cc2ccc(OC(F)(F)F)cc2)cc1)C(=O)O. The monoisotopic (exact) mass is 565 g/mol. The normalized spacial score (nSPS) is 12.0. The highest BCUT2D eigenvalue weighted by atomic mass is 35.5. The molecule has 208 valence electrons. The van der Waals surface area contributed by atoms with Crippen molar-refractivity contribution < 1.29 is 42.1 Å². The van der Waals surface area contributed by atoms with E-state index >= 15 is 0 Å². The molecule has 0 fully saturated rings. The Morgan fingerprint density at radius 1 is 0.872 bits per heavy atom. The van der Waals surface area contributed by atoms with Crippen LogP contribution in [0.15, 0.2) is 72.8 Å². The van der Waals surface area contributed by atoms with E-state index in [1.165, 1.54) is 29.2 Å². The van der Waals surface area contributed by atoms with Gasteiger partial charge in [-0.05, 0) is 60.0 Å². The van der Waals surface area contributed by atoms with Gasteiger partial charge in [-0.25, -0.2) is 4.79 Å². The smallest absolute Gasteiger partial charge is 0.484 e. The van der Waals surface area contributed by atoms with Crippen LogP contribution in [0, 0.1) is 0 Å². The van der Waals surface area contributed by atoms with Gasteiger partial charge < -0.3 is 24.2 Å². The van der Waals surface area contributed by atoms with Crippen molar-refractivity contribution >= 4 is 23.5 Å². The Balaban J connectivity index is 1.66. The van der Waals surface area contributed by atoms with Crippen LogP contribution in [0.3, 0.4) is 0 Å². The lowest BCUT2D eigenvalue weighted by Gasteiger charge is -2.23. The molecule has 0 heterocycles. The van der Waals surface area contributed by atoms with Crippen LogP contribution in [0.4, 0.5) is 13.2 Å². The minimum absolute atomic E-state index is 0.115. The predicted molar refractivity (Wildman–Crippen MR) is 138 cm³/mol. The summed E-state index contributed by atoms with van der Waals surface area (Å²) >= 11 is 5.96. The maximum atomic E-state index is 13.1. The van der Waals surface area contributed by atoms with Crippen LogP contribution in [0.25, 0.3) is 0 Å². The van der Waals surface area contributed by atoms with E-state index in [1.54, 1.807) is 55.5 Å². The zero-order chi connectivity index (χ0) is 28.4. The molecule has 0 saturated carbocycles. The summed E-state index contributed by atoms with van der Waals surface area (Å²) in [6.07, 6.45) is -5.57. The number of carboxylic acid groups (broad SMARTS) is 1. The number of nitrogens with zero attached hydrogens (tertiary/aromatic N) is 1. The zero-order valence-corrected chi connectivity index (χ0v) is 21.7. The molecule has 3 aromatic carbocycles. The van der Waals surface area contributed by atoms with Gasteiger partial charge >= 0.3 is 12.3 Å². The molecule has 1 atom stereocenters. The van der Waals surface area contributed by atoms with E-state index in [1.807, 2.05) is 0 Å². The molecule has 0 aliphatic rings. The summed E-state index contributed by atoms with van der Waals surface area (Å²) in [6.45, 7) is 2.03. The zero-order valence-electron chi connectivity index (χ0n) is 21.0. The molecule has 1 N–H and O–H groups in total. The summed E-state index contributed by atoms with van der Waals surface area (Å²) in [5, 5.41) is 9.79. The topological polar surface area (TPSA) is 85.3 Å². The number of hydrogen-bond acceptors (Lipinski definition) is 5. The Bertz CT molecular complexity index is 1220. The molecule has 11 heteroatoms. The number of ether oxygens (including phenoxy) is 3. The fourth-order valence-electron chi connectivity index (χ4n) is 3.65. The summed E-state index contributed by atoms with van der Waals surface area (Å²) in [5.41, 5.74) is 2.13. The quantitative estimate of drug-likeness (QED) is 0.279. The molecule has 0 aliphatic heterocycles. The van der Waals surface area contributed by atoms with Gasteiger partial charge in [-0.3, -0.25) is 4.79 Å². The number of aliphatic carboxylic acids is 1. The maximum absolute atomic E-state index is 13.1. The van der Waals surface area contributed by atoms with Gasteiger partial charge in [0.15, 0.2) is 12.7 Å². The lowest BCUT2D eigenvalue weighted by molar-refractivity contribution is -0.274. The van der Waals surface area contributed by atoms with Gasteiger partial charge in [-0.2, -0.15) is 0 Å². The third-order valence-corrected chi connectivity index (χ3v) is 5.77. The Labute approximate surface area is 228 Å². The van der Waals surface area contributed by atoms with E-state index in [9.17, 15) is 27.9 Å². The van der Waals surface area contributed by atoms with Crippen molar-refractivity contribution in [2.24, 2.45) is 0 Å². The minimum atomic E-state index is -4.80. The standard InChI is InChI=1S/C28H27ClF3NO6/c1-2-37-25(27(35)36)15-19-5-11-23(12-6-19)38-18-26(34)33(16-20-3-9-22(29)10-4-20)17-21-7-13-24(14-8-21)39-28(30,31)32/h3-14,25H,2,15-18H2,1H3,(H,35,36)/t25-/m0/s1. The number of benzene rings is 3. The first kappa shape index (κ1) is 29.8. The second kappa shape index (κ2) is 13.9. The highest BCUT2D eigenvalue weighted by Crippen LogP contribution is 2.24. The number of carboxylic acids is 1. The molecule has 39 heavy (non-hydrogen) atoms. The van der Waals surface area contributed by atoms with Crippen LogP contribution < -0.4 is 9.47 Å². The maximum Gasteiger partial charge on any atom is 0.573 e. The Morgan fingerprint density at radius 2 is 1.38 bits per heavy atom. The fraction of sp³-hybridized carbons (Fsp3) is 0.286. The first-order valence-electron chi connectivity index (χ1n) is 12.0. The Kier molecular flexibility index (Phi) is 10.6. The first-order chi connectivity index (χ1) is 18.5.